The minimum absolute atomic E-state index is 0.00231. The summed E-state index contributed by atoms with van der Waals surface area (Å²) in [7, 11) is 0. The van der Waals surface area contributed by atoms with Gasteiger partial charge in [-0.1, -0.05) is 38.4 Å². The van der Waals surface area contributed by atoms with E-state index in [2.05, 4.69) is 12.2 Å². The Morgan fingerprint density at radius 3 is 2.62 bits per heavy atom. The molecule has 1 aliphatic rings. The summed E-state index contributed by atoms with van der Waals surface area (Å²) in [5, 5.41) is 3.01. The van der Waals surface area contributed by atoms with Crippen molar-refractivity contribution in [3.05, 3.63) is 0 Å². The average molecular weight is 242 g/mol. The second kappa shape index (κ2) is 6.18. The smallest absolute Gasteiger partial charge is 0.230 e. The van der Waals surface area contributed by atoms with E-state index in [0.29, 0.717) is 4.99 Å². The Labute approximate surface area is 103 Å². The molecule has 92 valence electrons. The molecule has 2 atom stereocenters. The van der Waals surface area contributed by atoms with Crippen molar-refractivity contribution in [1.82, 2.24) is 5.32 Å². The van der Waals surface area contributed by atoms with Crippen molar-refractivity contribution in [1.29, 1.82) is 0 Å². The van der Waals surface area contributed by atoms with Crippen molar-refractivity contribution < 1.29 is 4.79 Å². The van der Waals surface area contributed by atoms with E-state index >= 15 is 0 Å². The SMILES string of the molecule is CCCC(C(=O)NC(C)CC1CC1)C(N)=S. The van der Waals surface area contributed by atoms with E-state index < -0.39 is 0 Å². The Bertz CT molecular complexity index is 264. The Morgan fingerprint density at radius 1 is 1.56 bits per heavy atom. The molecular weight excluding hydrogens is 220 g/mol. The molecule has 0 aromatic carbocycles. The number of amides is 1. The number of carbonyl (C=O) groups excluding carboxylic acids is 1. The van der Waals surface area contributed by atoms with Crippen LogP contribution in [0.25, 0.3) is 0 Å². The zero-order valence-corrected chi connectivity index (χ0v) is 11.0. The predicted octanol–water partition coefficient (Wildman–Crippen LogP) is 1.99. The number of carbonyl (C=O) groups is 1. The Balaban J connectivity index is 2.37. The first kappa shape index (κ1) is 13.4. The summed E-state index contributed by atoms with van der Waals surface area (Å²) in [6, 6.07) is 0.244. The Morgan fingerprint density at radius 2 is 2.19 bits per heavy atom. The maximum absolute atomic E-state index is 11.9. The number of hydrogen-bond donors (Lipinski definition) is 2. The number of nitrogens with two attached hydrogens (primary N) is 1. The van der Waals surface area contributed by atoms with Crippen molar-refractivity contribution in [3.8, 4) is 0 Å². The van der Waals surface area contributed by atoms with Gasteiger partial charge in [-0.2, -0.15) is 0 Å². The van der Waals surface area contributed by atoms with Gasteiger partial charge in [0.15, 0.2) is 0 Å². The molecule has 4 heteroatoms. The molecule has 0 radical (unpaired) electrons. The molecule has 0 aliphatic heterocycles. The fraction of sp³-hybridized carbons (Fsp3) is 0.833. The molecule has 0 saturated heterocycles. The molecule has 1 rings (SSSR count). The molecule has 0 aromatic rings. The van der Waals surface area contributed by atoms with Gasteiger partial charge in [0.2, 0.25) is 5.91 Å². The molecule has 3 nitrogen and oxygen atoms in total. The third kappa shape index (κ3) is 4.47. The van der Waals surface area contributed by atoms with Gasteiger partial charge in [0.25, 0.3) is 0 Å². The van der Waals surface area contributed by atoms with Crippen LogP contribution < -0.4 is 11.1 Å². The lowest BCUT2D eigenvalue weighted by atomic mass is 10.0. The van der Waals surface area contributed by atoms with Crippen LogP contribution in [0.1, 0.15) is 46.0 Å². The van der Waals surface area contributed by atoms with E-state index in [9.17, 15) is 4.79 Å². The van der Waals surface area contributed by atoms with Crippen molar-refractivity contribution in [2.45, 2.75) is 52.0 Å². The molecule has 3 N–H and O–H groups in total. The van der Waals surface area contributed by atoms with Crippen LogP contribution in [-0.4, -0.2) is 16.9 Å². The Kier molecular flexibility index (Phi) is 5.19. The second-order valence-electron chi connectivity index (χ2n) is 4.83. The van der Waals surface area contributed by atoms with Crippen molar-refractivity contribution in [2.75, 3.05) is 0 Å². The first-order chi connectivity index (χ1) is 7.54. The first-order valence-corrected chi connectivity index (χ1v) is 6.55. The topological polar surface area (TPSA) is 55.1 Å². The Hall–Kier alpha value is -0.640. The normalized spacial score (nSPS) is 18.9. The van der Waals surface area contributed by atoms with Crippen LogP contribution in [0.3, 0.4) is 0 Å². The van der Waals surface area contributed by atoms with Gasteiger partial charge in [-0.05, 0) is 25.7 Å². The van der Waals surface area contributed by atoms with E-state index in [4.69, 9.17) is 18.0 Å². The van der Waals surface area contributed by atoms with Gasteiger partial charge in [-0.15, -0.1) is 0 Å². The van der Waals surface area contributed by atoms with Gasteiger partial charge >= 0.3 is 0 Å². The standard InChI is InChI=1S/C12H22N2OS/c1-3-4-10(11(13)16)12(15)14-8(2)7-9-5-6-9/h8-10H,3-7H2,1-2H3,(H2,13,16)(H,14,15). The van der Waals surface area contributed by atoms with Gasteiger partial charge in [0, 0.05) is 6.04 Å². The maximum atomic E-state index is 11.9. The fourth-order valence-corrected chi connectivity index (χ4v) is 2.17. The zero-order chi connectivity index (χ0) is 12.1. The summed E-state index contributed by atoms with van der Waals surface area (Å²) in [6.45, 7) is 4.09. The van der Waals surface area contributed by atoms with Crippen LogP contribution in [0.15, 0.2) is 0 Å². The highest BCUT2D eigenvalue weighted by molar-refractivity contribution is 7.80. The fourth-order valence-electron chi connectivity index (χ4n) is 1.95. The average Bonchev–Trinajstić information content (AvgIpc) is 2.96. The number of hydrogen-bond acceptors (Lipinski definition) is 2. The molecule has 16 heavy (non-hydrogen) atoms. The molecule has 0 aromatic heterocycles. The van der Waals surface area contributed by atoms with Crippen LogP contribution in [-0.2, 0) is 4.79 Å². The zero-order valence-electron chi connectivity index (χ0n) is 10.2. The quantitative estimate of drug-likeness (QED) is 0.671. The molecule has 1 saturated carbocycles. The van der Waals surface area contributed by atoms with Gasteiger partial charge in [0.1, 0.15) is 0 Å². The van der Waals surface area contributed by atoms with Crippen molar-refractivity contribution in [3.63, 3.8) is 0 Å². The number of thiocarbonyl (C=S) groups is 1. The predicted molar refractivity (Wildman–Crippen MR) is 70.1 cm³/mol. The van der Waals surface area contributed by atoms with Gasteiger partial charge in [-0.3, -0.25) is 4.79 Å². The van der Waals surface area contributed by atoms with Gasteiger partial charge in [-0.25, -0.2) is 0 Å². The van der Waals surface area contributed by atoms with E-state index in [0.717, 1.165) is 25.2 Å². The van der Waals surface area contributed by atoms with Crippen LogP contribution in [0.4, 0.5) is 0 Å². The summed E-state index contributed by atoms with van der Waals surface area (Å²) in [5.41, 5.74) is 5.58. The highest BCUT2D eigenvalue weighted by atomic mass is 32.1. The lowest BCUT2D eigenvalue weighted by molar-refractivity contribution is -0.123. The second-order valence-corrected chi connectivity index (χ2v) is 5.30. The summed E-state index contributed by atoms with van der Waals surface area (Å²) in [5.74, 6) is 0.536. The van der Waals surface area contributed by atoms with Crippen LogP contribution in [0.2, 0.25) is 0 Å². The maximum Gasteiger partial charge on any atom is 0.230 e. The van der Waals surface area contributed by atoms with Gasteiger partial charge < -0.3 is 11.1 Å². The third-order valence-corrected chi connectivity index (χ3v) is 3.29. The highest BCUT2D eigenvalue weighted by Gasteiger charge is 2.26. The number of rotatable bonds is 7. The minimum atomic E-state index is -0.290. The lowest BCUT2D eigenvalue weighted by Crippen LogP contribution is -2.42. The molecule has 1 aliphatic carbocycles. The summed E-state index contributed by atoms with van der Waals surface area (Å²) >= 11 is 4.93. The largest absolute Gasteiger partial charge is 0.393 e. The van der Waals surface area contributed by atoms with Crippen LogP contribution in [0.5, 0.6) is 0 Å². The number of nitrogens with one attached hydrogen (secondary N) is 1. The van der Waals surface area contributed by atoms with E-state index in [1.54, 1.807) is 0 Å². The van der Waals surface area contributed by atoms with Crippen molar-refractivity contribution >= 4 is 23.1 Å². The molecule has 1 amide bonds. The first-order valence-electron chi connectivity index (χ1n) is 6.14. The van der Waals surface area contributed by atoms with E-state index in [1.807, 2.05) is 6.92 Å². The van der Waals surface area contributed by atoms with Crippen LogP contribution in [0, 0.1) is 11.8 Å². The molecule has 1 fully saturated rings. The molecule has 0 bridgehead atoms. The monoisotopic (exact) mass is 242 g/mol. The van der Waals surface area contributed by atoms with Gasteiger partial charge in [0.05, 0.1) is 10.9 Å². The molecule has 0 spiro atoms. The summed E-state index contributed by atoms with van der Waals surface area (Å²) in [4.78, 5) is 12.2. The third-order valence-electron chi connectivity index (χ3n) is 3.01. The van der Waals surface area contributed by atoms with E-state index in [1.165, 1.54) is 12.8 Å². The van der Waals surface area contributed by atoms with E-state index in [-0.39, 0.29) is 17.9 Å². The summed E-state index contributed by atoms with van der Waals surface area (Å²) < 4.78 is 0. The molecule has 2 unspecified atom stereocenters. The lowest BCUT2D eigenvalue weighted by Gasteiger charge is -2.19. The minimum Gasteiger partial charge on any atom is -0.393 e. The highest BCUT2D eigenvalue weighted by Crippen LogP contribution is 2.33. The van der Waals surface area contributed by atoms with Crippen molar-refractivity contribution in [2.24, 2.45) is 17.6 Å². The molecular formula is C12H22N2OS. The van der Waals surface area contributed by atoms with Crippen LogP contribution >= 0.6 is 12.2 Å². The molecule has 0 heterocycles. The summed E-state index contributed by atoms with van der Waals surface area (Å²) in [6.07, 6.45) is 5.38.